The maximum atomic E-state index is 12.8. The molecule has 0 bridgehead atoms. The molecule has 1 saturated heterocycles. The predicted octanol–water partition coefficient (Wildman–Crippen LogP) is 11.1. The van der Waals surface area contributed by atoms with Crippen LogP contribution in [0.1, 0.15) is 200 Å². The molecule has 0 saturated carbocycles. The first-order valence-electron chi connectivity index (χ1n) is 24.9. The van der Waals surface area contributed by atoms with E-state index in [0.29, 0.717) is 13.0 Å². The third-order valence-electron chi connectivity index (χ3n) is 11.2. The van der Waals surface area contributed by atoms with Crippen molar-refractivity contribution < 1.29 is 56.2 Å². The van der Waals surface area contributed by atoms with E-state index in [4.69, 9.17) is 18.9 Å². The lowest BCUT2D eigenvalue weighted by molar-refractivity contribution is -0.301. The molecule has 0 aromatic heterocycles. The maximum Gasteiger partial charge on any atom is 0.397 e. The minimum absolute atomic E-state index is 0.0352. The molecule has 0 aromatic carbocycles. The fraction of sp³-hybridized carbons (Fsp3) is 0.820. The van der Waals surface area contributed by atoms with Gasteiger partial charge in [0.25, 0.3) is 0 Å². The highest BCUT2D eigenvalue weighted by Crippen LogP contribution is 2.26. The minimum atomic E-state index is -5.06. The van der Waals surface area contributed by atoms with E-state index in [0.717, 1.165) is 70.6 Å². The van der Waals surface area contributed by atoms with Gasteiger partial charge in [-0.25, -0.2) is 4.18 Å². The molecular formula is C50H90O12S. The van der Waals surface area contributed by atoms with Crippen LogP contribution in [-0.4, -0.2) is 97.5 Å². The van der Waals surface area contributed by atoms with E-state index in [2.05, 4.69) is 66.6 Å². The smallest absolute Gasteiger partial charge is 0.397 e. The summed E-state index contributed by atoms with van der Waals surface area (Å²) in [6.07, 6.45) is 41.5. The molecule has 368 valence electrons. The van der Waals surface area contributed by atoms with Crippen LogP contribution >= 0.6 is 0 Å². The van der Waals surface area contributed by atoms with Crippen molar-refractivity contribution >= 4 is 16.4 Å². The third kappa shape index (κ3) is 35.0. The van der Waals surface area contributed by atoms with E-state index >= 15 is 0 Å². The van der Waals surface area contributed by atoms with Crippen LogP contribution in [0.3, 0.4) is 0 Å². The Hall–Kier alpha value is -1.94. The van der Waals surface area contributed by atoms with Crippen molar-refractivity contribution in [2.45, 2.75) is 237 Å². The monoisotopic (exact) mass is 915 g/mol. The van der Waals surface area contributed by atoms with Crippen molar-refractivity contribution in [3.8, 4) is 0 Å². The van der Waals surface area contributed by atoms with Gasteiger partial charge in [0.2, 0.25) is 0 Å². The largest absolute Gasteiger partial charge is 0.457 e. The second kappa shape index (κ2) is 41.5. The molecule has 1 fully saturated rings. The zero-order valence-corrected chi connectivity index (χ0v) is 40.2. The number of carbonyl (C=O) groups is 1. The molecule has 0 radical (unpaired) electrons. The normalized spacial score (nSPS) is 20.3. The van der Waals surface area contributed by atoms with Crippen LogP contribution < -0.4 is 0 Å². The van der Waals surface area contributed by atoms with E-state index < -0.39 is 59.8 Å². The number of hydrogen-bond acceptors (Lipinski definition) is 11. The third-order valence-corrected chi connectivity index (χ3v) is 11.7. The zero-order chi connectivity index (χ0) is 46.1. The Labute approximate surface area is 383 Å². The summed E-state index contributed by atoms with van der Waals surface area (Å²) >= 11 is 0. The molecule has 13 heteroatoms. The predicted molar refractivity (Wildman–Crippen MR) is 253 cm³/mol. The number of hydrogen-bond donors (Lipinski definition) is 4. The molecule has 1 aliphatic heterocycles. The standard InChI is InChI=1S/C50H90O12S/c1-3-5-7-9-11-13-15-17-18-19-20-21-22-23-24-25-26-27-28-30-32-34-36-38-40-58-42-44(60-46(52)39-37-35-33-31-29-16-14-12-10-8-6-4-2)43-59-50-48(54)49(62-63(55,56)57)47(53)45(41-51)61-50/h5,7,11,13,17-18,20-21,44-45,47-51,53-54H,3-4,6,8-10,12,14-16,19,22-43H2,1-2H3,(H,55,56,57)/b7-5-,13-11-,18-17-,21-20-. The van der Waals surface area contributed by atoms with Gasteiger partial charge in [0.15, 0.2) is 6.29 Å². The van der Waals surface area contributed by atoms with E-state index in [-0.39, 0.29) is 19.6 Å². The van der Waals surface area contributed by atoms with Crippen LogP contribution in [0.25, 0.3) is 0 Å². The number of carbonyl (C=O) groups excluding carboxylic acids is 1. The highest BCUT2D eigenvalue weighted by atomic mass is 32.3. The fourth-order valence-electron chi connectivity index (χ4n) is 7.49. The average molecular weight is 915 g/mol. The maximum absolute atomic E-state index is 12.8. The number of rotatable bonds is 43. The summed E-state index contributed by atoms with van der Waals surface area (Å²) in [5, 5.41) is 30.7. The molecule has 1 rings (SSSR count). The van der Waals surface area contributed by atoms with Gasteiger partial charge in [0.1, 0.15) is 30.5 Å². The summed E-state index contributed by atoms with van der Waals surface area (Å²) in [7, 11) is -5.06. The van der Waals surface area contributed by atoms with E-state index in [1.807, 2.05) is 0 Å². The summed E-state index contributed by atoms with van der Waals surface area (Å²) in [4.78, 5) is 12.8. The first-order chi connectivity index (χ1) is 30.6. The van der Waals surface area contributed by atoms with Crippen molar-refractivity contribution in [1.82, 2.24) is 0 Å². The van der Waals surface area contributed by atoms with E-state index in [1.165, 1.54) is 103 Å². The minimum Gasteiger partial charge on any atom is -0.457 e. The SMILES string of the molecule is CC/C=C\C/C=C\C/C=C\C/C=C\CCCCCCCCCCCCCOCC(COC1OC(CO)C(O)C(OS(=O)(=O)O)C1O)OC(=O)CCCCCCCCCCCCCC. The lowest BCUT2D eigenvalue weighted by Gasteiger charge is -2.41. The van der Waals surface area contributed by atoms with Gasteiger partial charge < -0.3 is 34.3 Å². The van der Waals surface area contributed by atoms with Crippen LogP contribution in [0.15, 0.2) is 48.6 Å². The number of unbranched alkanes of at least 4 members (excludes halogenated alkanes) is 22. The Balaban J connectivity index is 2.32. The van der Waals surface area contributed by atoms with Gasteiger partial charge in [-0.3, -0.25) is 9.35 Å². The van der Waals surface area contributed by atoms with Gasteiger partial charge >= 0.3 is 16.4 Å². The summed E-state index contributed by atoms with van der Waals surface area (Å²) in [6.45, 7) is 3.88. The van der Waals surface area contributed by atoms with Crippen molar-refractivity contribution in [3.63, 3.8) is 0 Å². The van der Waals surface area contributed by atoms with Crippen molar-refractivity contribution in [1.29, 1.82) is 0 Å². The first kappa shape index (κ1) is 59.1. The average Bonchev–Trinajstić information content (AvgIpc) is 3.26. The number of aliphatic hydroxyl groups excluding tert-OH is 3. The fourth-order valence-corrected chi connectivity index (χ4v) is 8.00. The molecule has 63 heavy (non-hydrogen) atoms. The first-order valence-corrected chi connectivity index (χ1v) is 26.3. The van der Waals surface area contributed by atoms with Gasteiger partial charge in [-0.15, -0.1) is 0 Å². The molecule has 0 aliphatic carbocycles. The number of ether oxygens (including phenoxy) is 4. The molecule has 4 N–H and O–H groups in total. The Morgan fingerprint density at radius 2 is 1.10 bits per heavy atom. The number of allylic oxidation sites excluding steroid dienone is 8. The summed E-state index contributed by atoms with van der Waals surface area (Å²) in [5.74, 6) is -0.400. The van der Waals surface area contributed by atoms with Crippen LogP contribution in [-0.2, 0) is 38.3 Å². The Kier molecular flexibility index (Phi) is 38.9. The molecule has 6 unspecified atom stereocenters. The Morgan fingerprint density at radius 1 is 0.619 bits per heavy atom. The lowest BCUT2D eigenvalue weighted by Crippen LogP contribution is -2.60. The van der Waals surface area contributed by atoms with Gasteiger partial charge in [0.05, 0.1) is 19.8 Å². The zero-order valence-electron chi connectivity index (χ0n) is 39.4. The molecule has 6 atom stereocenters. The lowest BCUT2D eigenvalue weighted by atomic mass is 9.99. The van der Waals surface area contributed by atoms with Crippen LogP contribution in [0.2, 0.25) is 0 Å². The molecule has 1 heterocycles. The van der Waals surface area contributed by atoms with Crippen LogP contribution in [0, 0.1) is 0 Å². The van der Waals surface area contributed by atoms with E-state index in [9.17, 15) is 33.1 Å². The summed E-state index contributed by atoms with van der Waals surface area (Å²) in [5.41, 5.74) is 0. The second-order valence-electron chi connectivity index (χ2n) is 17.0. The second-order valence-corrected chi connectivity index (χ2v) is 18.1. The molecule has 0 aromatic rings. The van der Waals surface area contributed by atoms with Gasteiger partial charge in [-0.1, -0.05) is 191 Å². The Bertz CT molecular complexity index is 1290. The highest BCUT2D eigenvalue weighted by Gasteiger charge is 2.48. The van der Waals surface area contributed by atoms with Gasteiger partial charge in [0, 0.05) is 13.0 Å². The van der Waals surface area contributed by atoms with Gasteiger partial charge in [-0.05, 0) is 51.4 Å². The quantitative estimate of drug-likeness (QED) is 0.0197. The summed E-state index contributed by atoms with van der Waals surface area (Å²) in [6, 6.07) is 0. The molecule has 12 nitrogen and oxygen atoms in total. The number of esters is 1. The van der Waals surface area contributed by atoms with Crippen molar-refractivity contribution in [3.05, 3.63) is 48.6 Å². The van der Waals surface area contributed by atoms with Crippen LogP contribution in [0.4, 0.5) is 0 Å². The molecule has 0 spiro atoms. The molecule has 0 amide bonds. The molecular weight excluding hydrogens is 825 g/mol. The van der Waals surface area contributed by atoms with Crippen molar-refractivity contribution in [2.75, 3.05) is 26.4 Å². The molecule has 1 aliphatic rings. The highest BCUT2D eigenvalue weighted by molar-refractivity contribution is 7.80. The van der Waals surface area contributed by atoms with Crippen molar-refractivity contribution in [2.24, 2.45) is 0 Å². The van der Waals surface area contributed by atoms with Crippen LogP contribution in [0.5, 0.6) is 0 Å². The van der Waals surface area contributed by atoms with E-state index in [1.54, 1.807) is 0 Å². The number of aliphatic hydroxyl groups is 3. The topological polar surface area (TPSA) is 178 Å². The Morgan fingerprint density at radius 3 is 1.60 bits per heavy atom. The van der Waals surface area contributed by atoms with Gasteiger partial charge in [-0.2, -0.15) is 8.42 Å². The summed E-state index contributed by atoms with van der Waals surface area (Å²) < 4.78 is 59.1.